The smallest absolute Gasteiger partial charge is 0.346 e. The predicted molar refractivity (Wildman–Crippen MR) is 71.2 cm³/mol. The fraction of sp³-hybridized carbons (Fsp3) is 0.333. The maximum atomic E-state index is 11.9. The Bertz CT molecular complexity index is 466. The summed E-state index contributed by atoms with van der Waals surface area (Å²) in [6, 6.07) is 9.05. The van der Waals surface area contributed by atoms with Gasteiger partial charge in [-0.15, -0.1) is 6.58 Å². The quantitative estimate of drug-likeness (QED) is 0.483. The van der Waals surface area contributed by atoms with Crippen LogP contribution in [0.1, 0.15) is 19.4 Å². The zero-order valence-electron chi connectivity index (χ0n) is 11.1. The summed E-state index contributed by atoms with van der Waals surface area (Å²) >= 11 is 0. The molecule has 4 nitrogen and oxygen atoms in total. The Morgan fingerprint density at radius 2 is 2.00 bits per heavy atom. The maximum Gasteiger partial charge on any atom is 0.346 e. The van der Waals surface area contributed by atoms with Crippen LogP contribution in [-0.4, -0.2) is 22.5 Å². The van der Waals surface area contributed by atoms with Gasteiger partial charge in [-0.3, -0.25) is 4.79 Å². The second-order valence-corrected chi connectivity index (χ2v) is 4.41. The van der Waals surface area contributed by atoms with Crippen LogP contribution in [0.4, 0.5) is 0 Å². The van der Waals surface area contributed by atoms with Crippen molar-refractivity contribution >= 4 is 11.8 Å². The Kier molecular flexibility index (Phi) is 5.01. The second-order valence-electron chi connectivity index (χ2n) is 4.41. The van der Waals surface area contributed by atoms with E-state index in [1.54, 1.807) is 12.1 Å². The molecule has 0 aromatic heterocycles. The largest absolute Gasteiger partial charge is 0.458 e. The van der Waals surface area contributed by atoms with Gasteiger partial charge in [0.1, 0.15) is 6.61 Å². The van der Waals surface area contributed by atoms with E-state index in [-0.39, 0.29) is 6.61 Å². The van der Waals surface area contributed by atoms with Gasteiger partial charge in [0.15, 0.2) is 5.78 Å². The van der Waals surface area contributed by atoms with Crippen LogP contribution in [0, 0.1) is 5.92 Å². The van der Waals surface area contributed by atoms with Crippen LogP contribution in [0.2, 0.25) is 0 Å². The number of carbonyl (C=O) groups excluding carboxylic acids is 2. The molecule has 0 saturated carbocycles. The van der Waals surface area contributed by atoms with Gasteiger partial charge in [-0.1, -0.05) is 43.3 Å². The normalized spacial score (nSPS) is 15.1. The van der Waals surface area contributed by atoms with Crippen molar-refractivity contribution in [3.05, 3.63) is 48.6 Å². The van der Waals surface area contributed by atoms with Crippen LogP contribution in [0.3, 0.4) is 0 Å². The van der Waals surface area contributed by atoms with Crippen LogP contribution in [0.25, 0.3) is 0 Å². The first-order valence-electron chi connectivity index (χ1n) is 6.00. The van der Waals surface area contributed by atoms with Gasteiger partial charge in [0.05, 0.1) is 0 Å². The topological polar surface area (TPSA) is 63.6 Å². The highest BCUT2D eigenvalue weighted by Crippen LogP contribution is 2.22. The minimum Gasteiger partial charge on any atom is -0.458 e. The first-order valence-corrected chi connectivity index (χ1v) is 6.00. The number of rotatable bonds is 6. The molecule has 0 radical (unpaired) electrons. The van der Waals surface area contributed by atoms with Crippen LogP contribution < -0.4 is 0 Å². The van der Waals surface area contributed by atoms with Gasteiger partial charge in [0.2, 0.25) is 5.60 Å². The maximum absolute atomic E-state index is 11.9. The lowest BCUT2D eigenvalue weighted by Crippen LogP contribution is -2.51. The van der Waals surface area contributed by atoms with E-state index in [4.69, 9.17) is 4.74 Å². The van der Waals surface area contributed by atoms with E-state index in [0.29, 0.717) is 0 Å². The Balaban J connectivity index is 2.79. The number of Topliss-reactive ketones (excluding diaryl/α,β-unsaturated/α-hetero) is 1. The highest BCUT2D eigenvalue weighted by atomic mass is 16.6. The molecule has 0 aliphatic carbocycles. The second kappa shape index (κ2) is 6.29. The Hall–Kier alpha value is -1.94. The summed E-state index contributed by atoms with van der Waals surface area (Å²) in [6.07, 6.45) is 1.35. The lowest BCUT2D eigenvalue weighted by Gasteiger charge is -2.27. The monoisotopic (exact) mass is 262 g/mol. The molecule has 102 valence electrons. The van der Waals surface area contributed by atoms with Crippen LogP contribution in [0.5, 0.6) is 0 Å². The van der Waals surface area contributed by atoms with Gasteiger partial charge in [-0.25, -0.2) is 4.79 Å². The average Bonchev–Trinajstić information content (AvgIpc) is 2.43. The number of hydrogen-bond donors (Lipinski definition) is 1. The third-order valence-corrected chi connectivity index (χ3v) is 3.07. The van der Waals surface area contributed by atoms with Gasteiger partial charge in [-0.05, 0) is 12.5 Å². The molecule has 4 heteroatoms. The molecule has 19 heavy (non-hydrogen) atoms. The van der Waals surface area contributed by atoms with E-state index in [2.05, 4.69) is 6.58 Å². The van der Waals surface area contributed by atoms with Crippen molar-refractivity contribution in [1.29, 1.82) is 0 Å². The standard InChI is InChI=1S/C15H18O4/c1-4-11(2)15(18,12(3)16)14(17)19-10-13-8-6-5-7-9-13/h4-9,11,18H,1,10H2,2-3H3/t11-,15+/m1/s1. The molecule has 0 aliphatic heterocycles. The molecular formula is C15H18O4. The summed E-state index contributed by atoms with van der Waals surface area (Å²) < 4.78 is 5.02. The average molecular weight is 262 g/mol. The van der Waals surface area contributed by atoms with Gasteiger partial charge in [0, 0.05) is 5.92 Å². The van der Waals surface area contributed by atoms with E-state index >= 15 is 0 Å². The van der Waals surface area contributed by atoms with E-state index < -0.39 is 23.3 Å². The minimum absolute atomic E-state index is 0.0130. The predicted octanol–water partition coefficient (Wildman–Crippen LogP) is 1.87. The van der Waals surface area contributed by atoms with E-state index in [1.165, 1.54) is 13.0 Å². The lowest BCUT2D eigenvalue weighted by molar-refractivity contribution is -0.174. The third kappa shape index (κ3) is 3.29. The minimum atomic E-state index is -2.17. The molecular weight excluding hydrogens is 244 g/mol. The zero-order valence-corrected chi connectivity index (χ0v) is 11.1. The SMILES string of the molecule is C=C[C@@H](C)[C@](O)(C(C)=O)C(=O)OCc1ccccc1. The van der Waals surface area contributed by atoms with E-state index in [0.717, 1.165) is 12.5 Å². The number of esters is 1. The first kappa shape index (κ1) is 15.1. The highest BCUT2D eigenvalue weighted by molar-refractivity contribution is 6.06. The highest BCUT2D eigenvalue weighted by Gasteiger charge is 2.46. The summed E-state index contributed by atoms with van der Waals surface area (Å²) in [5.74, 6) is -2.32. The summed E-state index contributed by atoms with van der Waals surface area (Å²) in [6.45, 7) is 6.20. The molecule has 1 aromatic rings. The van der Waals surface area contributed by atoms with Gasteiger partial charge >= 0.3 is 5.97 Å². The molecule has 1 aromatic carbocycles. The molecule has 1 N–H and O–H groups in total. The molecule has 0 heterocycles. The number of ketones is 1. The summed E-state index contributed by atoms with van der Waals surface area (Å²) in [5, 5.41) is 10.2. The van der Waals surface area contributed by atoms with Crippen LogP contribution in [-0.2, 0) is 20.9 Å². The zero-order chi connectivity index (χ0) is 14.5. The molecule has 2 atom stereocenters. The molecule has 0 saturated heterocycles. The Morgan fingerprint density at radius 3 is 2.47 bits per heavy atom. The molecule has 0 bridgehead atoms. The van der Waals surface area contributed by atoms with Crippen LogP contribution >= 0.6 is 0 Å². The Morgan fingerprint density at radius 1 is 1.42 bits per heavy atom. The number of hydrogen-bond acceptors (Lipinski definition) is 4. The summed E-state index contributed by atoms with van der Waals surface area (Å²) in [4.78, 5) is 23.5. The van der Waals surface area contributed by atoms with E-state index in [1.807, 2.05) is 18.2 Å². The van der Waals surface area contributed by atoms with Gasteiger partial charge in [-0.2, -0.15) is 0 Å². The van der Waals surface area contributed by atoms with Crippen molar-refractivity contribution in [2.75, 3.05) is 0 Å². The van der Waals surface area contributed by atoms with Crippen molar-refractivity contribution in [3.8, 4) is 0 Å². The number of ether oxygens (including phenoxy) is 1. The number of benzene rings is 1. The first-order chi connectivity index (χ1) is 8.92. The molecule has 0 amide bonds. The van der Waals surface area contributed by atoms with Crippen molar-refractivity contribution in [3.63, 3.8) is 0 Å². The molecule has 0 fully saturated rings. The van der Waals surface area contributed by atoms with Crippen molar-refractivity contribution in [2.24, 2.45) is 5.92 Å². The lowest BCUT2D eigenvalue weighted by atomic mass is 9.85. The van der Waals surface area contributed by atoms with Gasteiger partial charge in [0.25, 0.3) is 0 Å². The molecule has 0 unspecified atom stereocenters. The van der Waals surface area contributed by atoms with Crippen molar-refractivity contribution in [1.82, 2.24) is 0 Å². The van der Waals surface area contributed by atoms with Crippen molar-refractivity contribution in [2.45, 2.75) is 26.1 Å². The van der Waals surface area contributed by atoms with Gasteiger partial charge < -0.3 is 9.84 Å². The fourth-order valence-corrected chi connectivity index (χ4v) is 1.65. The Labute approximate surface area is 112 Å². The molecule has 1 rings (SSSR count). The van der Waals surface area contributed by atoms with Crippen molar-refractivity contribution < 1.29 is 19.4 Å². The molecule has 0 aliphatic rings. The van der Waals surface area contributed by atoms with E-state index in [9.17, 15) is 14.7 Å². The molecule has 0 spiro atoms. The fourth-order valence-electron chi connectivity index (χ4n) is 1.65. The number of aliphatic hydroxyl groups is 1. The van der Waals surface area contributed by atoms with Crippen LogP contribution in [0.15, 0.2) is 43.0 Å². The summed E-state index contributed by atoms with van der Waals surface area (Å²) in [5.41, 5.74) is -1.38. The summed E-state index contributed by atoms with van der Waals surface area (Å²) in [7, 11) is 0. The number of carbonyl (C=O) groups is 2. The third-order valence-electron chi connectivity index (χ3n) is 3.07.